The Labute approximate surface area is 74.6 Å². The van der Waals surface area contributed by atoms with Gasteiger partial charge >= 0.3 is 0 Å². The van der Waals surface area contributed by atoms with Crippen LogP contribution in [0.4, 0.5) is 0 Å². The van der Waals surface area contributed by atoms with Crippen LogP contribution in [0.25, 0.3) is 11.3 Å². The van der Waals surface area contributed by atoms with E-state index in [9.17, 15) is 4.79 Å². The maximum Gasteiger partial charge on any atom is 0.172 e. The quantitative estimate of drug-likeness (QED) is 0.696. The molecule has 0 aliphatic rings. The smallest absolute Gasteiger partial charge is 0.172 e. The maximum atomic E-state index is 10.5. The fraction of sp³-hybridized carbons (Fsp3) is 0. The second-order valence-electron chi connectivity index (χ2n) is 2.54. The van der Waals surface area contributed by atoms with E-state index in [1.807, 2.05) is 30.3 Å². The van der Waals surface area contributed by atoms with Crippen molar-refractivity contribution in [1.29, 1.82) is 0 Å². The highest BCUT2D eigenvalue weighted by atomic mass is 16.1. The average molecular weight is 173 g/mol. The molecule has 1 heterocycles. The normalized spacial score (nSPS) is 9.85. The van der Waals surface area contributed by atoms with Gasteiger partial charge in [-0.05, 0) is 0 Å². The molecule has 1 N–H and O–H groups in total. The highest BCUT2D eigenvalue weighted by Crippen LogP contribution is 2.16. The van der Waals surface area contributed by atoms with Crippen LogP contribution in [0.1, 0.15) is 10.5 Å². The third-order valence-electron chi connectivity index (χ3n) is 1.73. The van der Waals surface area contributed by atoms with Crippen molar-refractivity contribution in [2.75, 3.05) is 0 Å². The lowest BCUT2D eigenvalue weighted by Gasteiger charge is -1.93. The van der Waals surface area contributed by atoms with Crippen molar-refractivity contribution in [2.45, 2.75) is 0 Å². The predicted molar refractivity (Wildman–Crippen MR) is 47.2 cm³/mol. The summed E-state index contributed by atoms with van der Waals surface area (Å²) in [6.07, 6.45) is 0.686. The van der Waals surface area contributed by atoms with E-state index < -0.39 is 0 Å². The molecule has 2 aromatic rings. The molecule has 64 valence electrons. The molecule has 4 nitrogen and oxygen atoms in total. The van der Waals surface area contributed by atoms with Crippen LogP contribution in [0, 0.1) is 0 Å². The molecule has 1 aromatic carbocycles. The Bertz CT molecular complexity index is 408. The number of nitrogens with one attached hydrogen (secondary N) is 1. The zero-order chi connectivity index (χ0) is 9.10. The van der Waals surface area contributed by atoms with Crippen LogP contribution in [-0.4, -0.2) is 21.7 Å². The zero-order valence-corrected chi connectivity index (χ0v) is 6.77. The number of hydrogen-bond acceptors (Lipinski definition) is 3. The fourth-order valence-corrected chi connectivity index (χ4v) is 1.13. The van der Waals surface area contributed by atoms with E-state index in [0.29, 0.717) is 17.7 Å². The molecule has 0 fully saturated rings. The van der Waals surface area contributed by atoms with Crippen molar-refractivity contribution in [1.82, 2.24) is 15.4 Å². The number of benzene rings is 1. The molecule has 0 saturated heterocycles. The second kappa shape index (κ2) is 3.18. The molecule has 2 rings (SSSR count). The van der Waals surface area contributed by atoms with Gasteiger partial charge in [0.15, 0.2) is 12.0 Å². The SMILES string of the molecule is O=Cc1n[nH]nc1-c1ccccc1. The summed E-state index contributed by atoms with van der Waals surface area (Å²) in [6, 6.07) is 9.44. The van der Waals surface area contributed by atoms with E-state index in [0.717, 1.165) is 5.56 Å². The van der Waals surface area contributed by atoms with Crippen LogP contribution in [0.15, 0.2) is 30.3 Å². The standard InChI is InChI=1S/C9H7N3O/c13-6-8-9(11-12-10-8)7-4-2-1-3-5-7/h1-6H,(H,10,11,12). The summed E-state index contributed by atoms with van der Waals surface area (Å²) in [5, 5.41) is 10.0. The van der Waals surface area contributed by atoms with Gasteiger partial charge < -0.3 is 0 Å². The molecule has 0 radical (unpaired) electrons. The number of aromatic nitrogens is 3. The van der Waals surface area contributed by atoms with E-state index >= 15 is 0 Å². The molecule has 4 heteroatoms. The highest BCUT2D eigenvalue weighted by molar-refractivity contribution is 5.82. The second-order valence-corrected chi connectivity index (χ2v) is 2.54. The molecule has 0 unspecified atom stereocenters. The molecule has 0 aliphatic heterocycles. The minimum atomic E-state index is 0.339. The third kappa shape index (κ3) is 1.33. The summed E-state index contributed by atoms with van der Waals surface area (Å²) in [5.74, 6) is 0. The summed E-state index contributed by atoms with van der Waals surface area (Å²) in [7, 11) is 0. The number of rotatable bonds is 2. The van der Waals surface area contributed by atoms with E-state index in [1.54, 1.807) is 0 Å². The number of hydrogen-bond donors (Lipinski definition) is 1. The van der Waals surface area contributed by atoms with Crippen molar-refractivity contribution in [3.8, 4) is 11.3 Å². The predicted octanol–water partition coefficient (Wildman–Crippen LogP) is 1.28. The van der Waals surface area contributed by atoms with Gasteiger partial charge in [-0.3, -0.25) is 4.79 Å². The van der Waals surface area contributed by atoms with Crippen molar-refractivity contribution in [2.24, 2.45) is 0 Å². The Hall–Kier alpha value is -1.97. The van der Waals surface area contributed by atoms with Gasteiger partial charge in [-0.15, -0.1) is 0 Å². The van der Waals surface area contributed by atoms with E-state index in [4.69, 9.17) is 0 Å². The summed E-state index contributed by atoms with van der Waals surface area (Å²) >= 11 is 0. The molecule has 0 spiro atoms. The van der Waals surface area contributed by atoms with Crippen LogP contribution in [0.5, 0.6) is 0 Å². The first-order chi connectivity index (χ1) is 6.42. The maximum absolute atomic E-state index is 10.5. The first-order valence-corrected chi connectivity index (χ1v) is 3.83. The molecule has 1 aromatic heterocycles. The van der Waals surface area contributed by atoms with Gasteiger partial charge in [-0.25, -0.2) is 0 Å². The number of aldehydes is 1. The van der Waals surface area contributed by atoms with Crippen LogP contribution in [0.2, 0.25) is 0 Å². The van der Waals surface area contributed by atoms with Crippen LogP contribution >= 0.6 is 0 Å². The zero-order valence-electron chi connectivity index (χ0n) is 6.77. The van der Waals surface area contributed by atoms with Crippen LogP contribution < -0.4 is 0 Å². The fourth-order valence-electron chi connectivity index (χ4n) is 1.13. The van der Waals surface area contributed by atoms with Crippen molar-refractivity contribution in [3.05, 3.63) is 36.0 Å². The van der Waals surface area contributed by atoms with Gasteiger partial charge in [0, 0.05) is 5.56 Å². The Morgan fingerprint density at radius 3 is 2.62 bits per heavy atom. The minimum Gasteiger partial charge on any atom is -0.296 e. The number of carbonyl (C=O) groups excluding carboxylic acids is 1. The van der Waals surface area contributed by atoms with Gasteiger partial charge in [-0.2, -0.15) is 15.4 Å². The van der Waals surface area contributed by atoms with Crippen LogP contribution in [-0.2, 0) is 0 Å². The average Bonchev–Trinajstić information content (AvgIpc) is 2.67. The Morgan fingerprint density at radius 1 is 1.15 bits per heavy atom. The number of H-pyrrole nitrogens is 1. The van der Waals surface area contributed by atoms with Crippen molar-refractivity contribution in [3.63, 3.8) is 0 Å². The van der Waals surface area contributed by atoms with E-state index in [-0.39, 0.29) is 0 Å². The third-order valence-corrected chi connectivity index (χ3v) is 1.73. The molecule has 0 bridgehead atoms. The first-order valence-electron chi connectivity index (χ1n) is 3.83. The Balaban J connectivity index is 2.52. The van der Waals surface area contributed by atoms with Gasteiger partial charge in [0.2, 0.25) is 0 Å². The number of carbonyl (C=O) groups is 1. The van der Waals surface area contributed by atoms with Crippen molar-refractivity contribution < 1.29 is 4.79 Å². The van der Waals surface area contributed by atoms with E-state index in [1.165, 1.54) is 0 Å². The lowest BCUT2D eigenvalue weighted by Crippen LogP contribution is -1.84. The monoisotopic (exact) mass is 173 g/mol. The molecule has 0 saturated carbocycles. The molecule has 13 heavy (non-hydrogen) atoms. The Kier molecular flexibility index (Phi) is 1.88. The summed E-state index contributed by atoms with van der Waals surface area (Å²) in [5.41, 5.74) is 1.82. The van der Waals surface area contributed by atoms with Gasteiger partial charge in [0.25, 0.3) is 0 Å². The molecule has 0 atom stereocenters. The number of aromatic amines is 1. The molecule has 0 amide bonds. The van der Waals surface area contributed by atoms with Gasteiger partial charge in [0.1, 0.15) is 5.69 Å². The molecular formula is C9H7N3O. The van der Waals surface area contributed by atoms with E-state index in [2.05, 4.69) is 15.4 Å². The summed E-state index contributed by atoms with van der Waals surface area (Å²) in [6.45, 7) is 0. The first kappa shape index (κ1) is 7.67. The van der Waals surface area contributed by atoms with Crippen LogP contribution in [0.3, 0.4) is 0 Å². The highest BCUT2D eigenvalue weighted by Gasteiger charge is 2.07. The van der Waals surface area contributed by atoms with Gasteiger partial charge in [-0.1, -0.05) is 30.3 Å². The lowest BCUT2D eigenvalue weighted by molar-refractivity contribution is 0.111. The summed E-state index contributed by atoms with van der Waals surface area (Å²) < 4.78 is 0. The number of nitrogens with zero attached hydrogens (tertiary/aromatic N) is 2. The largest absolute Gasteiger partial charge is 0.296 e. The molecule has 0 aliphatic carbocycles. The van der Waals surface area contributed by atoms with Gasteiger partial charge in [0.05, 0.1) is 0 Å². The lowest BCUT2D eigenvalue weighted by atomic mass is 10.1. The van der Waals surface area contributed by atoms with Crippen molar-refractivity contribution >= 4 is 6.29 Å². The topological polar surface area (TPSA) is 58.6 Å². The Morgan fingerprint density at radius 2 is 1.92 bits per heavy atom. The molecular weight excluding hydrogens is 166 g/mol. The summed E-state index contributed by atoms with van der Waals surface area (Å²) in [4.78, 5) is 10.5. The minimum absolute atomic E-state index is 0.339.